The molecule has 1 fully saturated rings. The van der Waals surface area contributed by atoms with E-state index in [-0.39, 0.29) is 11.9 Å². The van der Waals surface area contributed by atoms with Crippen LogP contribution in [0.4, 0.5) is 0 Å². The minimum absolute atomic E-state index is 0.213. The number of hydrogen-bond donors (Lipinski definition) is 0. The quantitative estimate of drug-likeness (QED) is 0.788. The van der Waals surface area contributed by atoms with Crippen LogP contribution in [0.1, 0.15) is 70.2 Å². The van der Waals surface area contributed by atoms with Crippen molar-refractivity contribution in [2.45, 2.75) is 57.4 Å². The van der Waals surface area contributed by atoms with E-state index in [1.54, 1.807) is 11.3 Å². The summed E-state index contributed by atoms with van der Waals surface area (Å²) in [6.45, 7) is 0.869. The Morgan fingerprint density at radius 3 is 2.71 bits per heavy atom. The zero-order valence-electron chi connectivity index (χ0n) is 14.0. The minimum Gasteiger partial charge on any atom is -0.331 e. The van der Waals surface area contributed by atoms with Gasteiger partial charge >= 0.3 is 0 Å². The van der Waals surface area contributed by atoms with Crippen molar-refractivity contribution in [3.63, 3.8) is 0 Å². The Hall–Kier alpha value is -1.68. The number of aryl methyl sites for hydroxylation is 2. The minimum atomic E-state index is 0.213. The van der Waals surface area contributed by atoms with E-state index in [4.69, 9.17) is 0 Å². The Balaban J connectivity index is 1.58. The Bertz CT molecular complexity index is 684. The van der Waals surface area contributed by atoms with Crippen LogP contribution < -0.4 is 0 Å². The van der Waals surface area contributed by atoms with Gasteiger partial charge in [0.25, 0.3) is 5.91 Å². The van der Waals surface area contributed by atoms with Crippen molar-refractivity contribution in [1.82, 2.24) is 9.88 Å². The van der Waals surface area contributed by atoms with Crippen LogP contribution in [0, 0.1) is 0 Å². The van der Waals surface area contributed by atoms with Gasteiger partial charge in [0.15, 0.2) is 0 Å². The zero-order chi connectivity index (χ0) is 16.4. The SMILES string of the molecule is O=C(c1cc2c(s1)CCCCCC2)N1CCC[C@H]1c1ccncc1. The second-order valence-corrected chi connectivity index (χ2v) is 8.05. The molecule has 1 amide bonds. The van der Waals surface area contributed by atoms with Crippen molar-refractivity contribution in [3.05, 3.63) is 51.5 Å². The first kappa shape index (κ1) is 15.8. The summed E-state index contributed by atoms with van der Waals surface area (Å²) in [6, 6.07) is 6.49. The van der Waals surface area contributed by atoms with Gasteiger partial charge in [-0.25, -0.2) is 0 Å². The van der Waals surface area contributed by atoms with Gasteiger partial charge in [-0.3, -0.25) is 9.78 Å². The van der Waals surface area contributed by atoms with E-state index in [2.05, 4.69) is 16.0 Å². The highest BCUT2D eigenvalue weighted by molar-refractivity contribution is 7.14. The van der Waals surface area contributed by atoms with E-state index in [0.29, 0.717) is 0 Å². The van der Waals surface area contributed by atoms with Crippen LogP contribution >= 0.6 is 11.3 Å². The van der Waals surface area contributed by atoms with Gasteiger partial charge in [-0.15, -0.1) is 11.3 Å². The third kappa shape index (κ3) is 3.12. The number of pyridine rings is 1. The fraction of sp³-hybridized carbons (Fsp3) is 0.500. The van der Waals surface area contributed by atoms with Crippen LogP contribution in [-0.2, 0) is 12.8 Å². The first-order valence-electron chi connectivity index (χ1n) is 9.15. The number of nitrogens with zero attached hydrogens (tertiary/aromatic N) is 2. The van der Waals surface area contributed by atoms with Crippen LogP contribution in [-0.4, -0.2) is 22.3 Å². The normalized spacial score (nSPS) is 21.2. The monoisotopic (exact) mass is 340 g/mol. The topological polar surface area (TPSA) is 33.2 Å². The number of rotatable bonds is 2. The molecule has 1 saturated heterocycles. The molecule has 2 aromatic heterocycles. The molecule has 0 spiro atoms. The van der Waals surface area contributed by atoms with Gasteiger partial charge in [0, 0.05) is 23.8 Å². The average Bonchev–Trinajstić information content (AvgIpc) is 3.22. The molecule has 4 rings (SSSR count). The lowest BCUT2D eigenvalue weighted by Gasteiger charge is -2.24. The highest BCUT2D eigenvalue weighted by Gasteiger charge is 2.31. The fourth-order valence-corrected chi connectivity index (χ4v) is 5.24. The van der Waals surface area contributed by atoms with Crippen molar-refractivity contribution in [3.8, 4) is 0 Å². The summed E-state index contributed by atoms with van der Waals surface area (Å²) in [6.07, 6.45) is 13.3. The van der Waals surface area contributed by atoms with E-state index >= 15 is 0 Å². The average molecular weight is 340 g/mol. The summed E-state index contributed by atoms with van der Waals surface area (Å²) in [5.41, 5.74) is 2.65. The molecule has 1 aliphatic carbocycles. The summed E-state index contributed by atoms with van der Waals surface area (Å²) in [4.78, 5) is 21.7. The van der Waals surface area contributed by atoms with Crippen molar-refractivity contribution in [2.24, 2.45) is 0 Å². The fourth-order valence-electron chi connectivity index (χ4n) is 4.03. The molecule has 3 nitrogen and oxygen atoms in total. The van der Waals surface area contributed by atoms with Gasteiger partial charge < -0.3 is 4.90 Å². The first-order valence-corrected chi connectivity index (χ1v) is 9.97. The molecule has 2 aromatic rings. The molecule has 0 unspecified atom stereocenters. The van der Waals surface area contributed by atoms with E-state index in [0.717, 1.165) is 37.1 Å². The van der Waals surface area contributed by atoms with Crippen molar-refractivity contribution in [2.75, 3.05) is 6.54 Å². The lowest BCUT2D eigenvalue weighted by atomic mass is 9.99. The molecule has 1 atom stereocenters. The van der Waals surface area contributed by atoms with Crippen LogP contribution in [0.2, 0.25) is 0 Å². The molecule has 4 heteroatoms. The molecule has 0 bridgehead atoms. The van der Waals surface area contributed by atoms with Crippen LogP contribution in [0.5, 0.6) is 0 Å². The molecule has 0 aromatic carbocycles. The molecule has 126 valence electrons. The summed E-state index contributed by atoms with van der Waals surface area (Å²) in [5.74, 6) is 0.228. The van der Waals surface area contributed by atoms with Crippen LogP contribution in [0.15, 0.2) is 30.6 Å². The predicted octanol–water partition coefficient (Wildman–Crippen LogP) is 4.78. The van der Waals surface area contributed by atoms with Crippen molar-refractivity contribution in [1.29, 1.82) is 0 Å². The molecule has 0 N–H and O–H groups in total. The van der Waals surface area contributed by atoms with Crippen molar-refractivity contribution < 1.29 is 4.79 Å². The summed E-state index contributed by atoms with van der Waals surface area (Å²) >= 11 is 1.75. The van der Waals surface area contributed by atoms with E-state index < -0.39 is 0 Å². The zero-order valence-corrected chi connectivity index (χ0v) is 14.9. The highest BCUT2D eigenvalue weighted by atomic mass is 32.1. The van der Waals surface area contributed by atoms with E-state index in [1.165, 1.54) is 41.7 Å². The Morgan fingerprint density at radius 1 is 1.08 bits per heavy atom. The van der Waals surface area contributed by atoms with Crippen LogP contribution in [0.3, 0.4) is 0 Å². The van der Waals surface area contributed by atoms with Crippen LogP contribution in [0.25, 0.3) is 0 Å². The Kier molecular flexibility index (Phi) is 4.65. The third-order valence-corrected chi connectivity index (χ3v) is 6.54. The van der Waals surface area contributed by atoms with E-state index in [9.17, 15) is 4.79 Å². The van der Waals surface area contributed by atoms with Crippen molar-refractivity contribution >= 4 is 17.2 Å². The van der Waals surface area contributed by atoms with Gasteiger partial charge in [-0.05, 0) is 67.9 Å². The molecule has 0 radical (unpaired) electrons. The maximum absolute atomic E-state index is 13.1. The molecular weight excluding hydrogens is 316 g/mol. The molecular formula is C20H24N2OS. The number of likely N-dealkylation sites (tertiary alicyclic amines) is 1. The predicted molar refractivity (Wildman–Crippen MR) is 97.4 cm³/mol. The first-order chi connectivity index (χ1) is 11.8. The largest absolute Gasteiger partial charge is 0.331 e. The number of carbonyl (C=O) groups is 1. The molecule has 0 saturated carbocycles. The standard InChI is InChI=1S/C20H24N2OS/c23-20(19-14-16-6-3-1-2-4-8-18(16)24-19)22-13-5-7-17(22)15-9-11-21-12-10-15/h9-12,14,17H,1-8,13H2/t17-/m0/s1. The Labute approximate surface area is 147 Å². The van der Waals surface area contributed by atoms with Gasteiger partial charge in [0.1, 0.15) is 0 Å². The lowest BCUT2D eigenvalue weighted by molar-refractivity contribution is 0.0740. The van der Waals surface area contributed by atoms with Gasteiger partial charge in [0.2, 0.25) is 0 Å². The molecule has 2 aliphatic rings. The molecule has 3 heterocycles. The lowest BCUT2D eigenvalue weighted by Crippen LogP contribution is -2.29. The summed E-state index contributed by atoms with van der Waals surface area (Å²) in [7, 11) is 0. The van der Waals surface area contributed by atoms with E-state index in [1.807, 2.05) is 24.5 Å². The summed E-state index contributed by atoms with van der Waals surface area (Å²) < 4.78 is 0. The highest BCUT2D eigenvalue weighted by Crippen LogP contribution is 2.35. The maximum Gasteiger partial charge on any atom is 0.264 e. The number of carbonyl (C=O) groups excluding carboxylic acids is 1. The second-order valence-electron chi connectivity index (χ2n) is 6.91. The summed E-state index contributed by atoms with van der Waals surface area (Å²) in [5, 5.41) is 0. The third-order valence-electron chi connectivity index (χ3n) is 5.31. The number of hydrogen-bond acceptors (Lipinski definition) is 3. The number of fused-ring (bicyclic) bond motifs is 1. The van der Waals surface area contributed by atoms with Gasteiger partial charge in [-0.2, -0.15) is 0 Å². The smallest absolute Gasteiger partial charge is 0.264 e. The maximum atomic E-state index is 13.1. The number of amides is 1. The molecule has 1 aliphatic heterocycles. The molecule has 24 heavy (non-hydrogen) atoms. The second kappa shape index (κ2) is 7.06. The number of thiophene rings is 1. The Morgan fingerprint density at radius 2 is 1.88 bits per heavy atom. The van der Waals surface area contributed by atoms with Gasteiger partial charge in [-0.1, -0.05) is 12.8 Å². The number of aromatic nitrogens is 1. The van der Waals surface area contributed by atoms with Gasteiger partial charge in [0.05, 0.1) is 10.9 Å².